The summed E-state index contributed by atoms with van der Waals surface area (Å²) in [7, 11) is 0. The SMILES string of the molecule is CCc1nc(=O)c(Cl)c(C(=O)O)n1Cc1c2ccocc-2c(Br)c1-c1ccccc1-c1nnn[nH]1. The highest BCUT2D eigenvalue weighted by molar-refractivity contribution is 9.10. The molecule has 0 spiro atoms. The number of hydrogen-bond acceptors (Lipinski definition) is 7. The number of halogens is 2. The first kappa shape index (κ1) is 22.9. The zero-order valence-electron chi connectivity index (χ0n) is 18.1. The van der Waals surface area contributed by atoms with Crippen LogP contribution < -0.4 is 5.56 Å². The lowest BCUT2D eigenvalue weighted by Gasteiger charge is -2.18. The topological polar surface area (TPSA) is 140 Å². The molecule has 10 nitrogen and oxygen atoms in total. The van der Waals surface area contributed by atoms with Gasteiger partial charge in [-0.3, -0.25) is 4.79 Å². The number of tetrazole rings is 1. The molecule has 0 saturated carbocycles. The number of carboxylic acids is 1. The van der Waals surface area contributed by atoms with Crippen LogP contribution in [0, 0.1) is 0 Å². The lowest BCUT2D eigenvalue weighted by molar-refractivity contribution is 0.0683. The third-order valence-electron chi connectivity index (χ3n) is 5.71. The Bertz CT molecular complexity index is 1590. The van der Waals surface area contributed by atoms with Gasteiger partial charge in [-0.15, -0.1) is 5.10 Å². The maximum Gasteiger partial charge on any atom is 0.354 e. The van der Waals surface area contributed by atoms with Crippen molar-refractivity contribution >= 4 is 33.5 Å². The van der Waals surface area contributed by atoms with Gasteiger partial charge in [-0.05, 0) is 49.1 Å². The van der Waals surface area contributed by atoms with Crippen molar-refractivity contribution in [2.75, 3.05) is 0 Å². The standard InChI is InChI=1S/C23H16BrClN6O4/c1-2-16-26-22(32)19(25)20(23(33)34)31(16)9-14-11-7-8-35-10-15(11)18(24)17(14)12-5-3-4-6-13(12)21-27-29-30-28-21/h3-8,10H,2,9H2,1H3,(H,33,34)(H,27,28,29,30). The van der Waals surface area contributed by atoms with Crippen LogP contribution in [0.25, 0.3) is 33.6 Å². The molecule has 1 aliphatic heterocycles. The fourth-order valence-corrected chi connectivity index (χ4v) is 5.20. The van der Waals surface area contributed by atoms with E-state index in [2.05, 4.69) is 41.5 Å². The number of aromatic amines is 1. The zero-order chi connectivity index (χ0) is 24.7. The summed E-state index contributed by atoms with van der Waals surface area (Å²) in [4.78, 5) is 28.4. The van der Waals surface area contributed by atoms with Crippen molar-refractivity contribution in [3.05, 3.63) is 79.8 Å². The molecule has 2 aromatic heterocycles. The van der Waals surface area contributed by atoms with E-state index in [9.17, 15) is 14.7 Å². The number of nitrogens with one attached hydrogen (secondary N) is 1. The molecule has 1 aliphatic carbocycles. The molecule has 2 aliphatic rings. The van der Waals surface area contributed by atoms with Gasteiger partial charge in [0.2, 0.25) is 0 Å². The molecule has 0 unspecified atom stereocenters. The van der Waals surface area contributed by atoms with Gasteiger partial charge in [-0.1, -0.05) is 42.8 Å². The number of benzene rings is 1. The molecule has 0 fully saturated rings. The Hall–Kier alpha value is -3.83. The van der Waals surface area contributed by atoms with Crippen LogP contribution in [0.3, 0.4) is 0 Å². The highest BCUT2D eigenvalue weighted by Gasteiger charge is 2.28. The Labute approximate surface area is 211 Å². The van der Waals surface area contributed by atoms with Crippen LogP contribution in [0.5, 0.6) is 0 Å². The number of nitrogens with zero attached hydrogens (tertiary/aromatic N) is 5. The van der Waals surface area contributed by atoms with Crippen molar-refractivity contribution in [3.63, 3.8) is 0 Å². The van der Waals surface area contributed by atoms with Crippen molar-refractivity contribution in [2.45, 2.75) is 19.9 Å². The van der Waals surface area contributed by atoms with Crippen molar-refractivity contribution in [1.29, 1.82) is 0 Å². The number of fused-ring (bicyclic) bond motifs is 1. The van der Waals surface area contributed by atoms with E-state index >= 15 is 0 Å². The molecule has 0 bridgehead atoms. The van der Waals surface area contributed by atoms with E-state index in [1.54, 1.807) is 25.5 Å². The van der Waals surface area contributed by atoms with E-state index < -0.39 is 16.6 Å². The average Bonchev–Trinajstić information content (AvgIpc) is 3.48. The first-order valence-electron chi connectivity index (χ1n) is 10.4. The van der Waals surface area contributed by atoms with Crippen LogP contribution in [0.15, 0.2) is 56.5 Å². The minimum atomic E-state index is -1.32. The number of aromatic nitrogens is 6. The second kappa shape index (κ2) is 9.08. The minimum Gasteiger partial charge on any atom is -0.477 e. The predicted molar refractivity (Wildman–Crippen MR) is 131 cm³/mol. The molecular weight excluding hydrogens is 540 g/mol. The highest BCUT2D eigenvalue weighted by atomic mass is 79.9. The molecule has 35 heavy (non-hydrogen) atoms. The van der Waals surface area contributed by atoms with E-state index in [4.69, 9.17) is 16.0 Å². The summed E-state index contributed by atoms with van der Waals surface area (Å²) < 4.78 is 7.65. The fraction of sp³-hybridized carbons (Fsp3) is 0.130. The van der Waals surface area contributed by atoms with Crippen LogP contribution in [0.4, 0.5) is 0 Å². The molecule has 12 heteroatoms. The van der Waals surface area contributed by atoms with Crippen LogP contribution in [0.2, 0.25) is 5.02 Å². The summed E-state index contributed by atoms with van der Waals surface area (Å²) in [5, 5.41) is 23.7. The van der Waals surface area contributed by atoms with Crippen LogP contribution in [-0.2, 0) is 13.0 Å². The number of rotatable bonds is 6. The van der Waals surface area contributed by atoms with Gasteiger partial charge in [-0.2, -0.15) is 4.98 Å². The molecule has 0 amide bonds. The van der Waals surface area contributed by atoms with E-state index in [0.717, 1.165) is 37.9 Å². The normalized spacial score (nSPS) is 11.3. The Balaban J connectivity index is 1.83. The Morgan fingerprint density at radius 1 is 1.20 bits per heavy atom. The first-order chi connectivity index (χ1) is 16.9. The van der Waals surface area contributed by atoms with E-state index in [1.807, 2.05) is 24.3 Å². The Morgan fingerprint density at radius 2 is 1.97 bits per heavy atom. The largest absolute Gasteiger partial charge is 0.477 e. The Morgan fingerprint density at radius 3 is 2.66 bits per heavy atom. The van der Waals surface area contributed by atoms with E-state index in [-0.39, 0.29) is 12.2 Å². The summed E-state index contributed by atoms with van der Waals surface area (Å²) in [6.07, 6.45) is 3.49. The summed E-state index contributed by atoms with van der Waals surface area (Å²) in [5.41, 5.74) is 3.66. The highest BCUT2D eigenvalue weighted by Crippen LogP contribution is 2.48. The average molecular weight is 556 g/mol. The molecule has 5 rings (SSSR count). The lowest BCUT2D eigenvalue weighted by Crippen LogP contribution is -2.26. The van der Waals surface area contributed by atoms with E-state index in [1.165, 1.54) is 4.57 Å². The minimum absolute atomic E-state index is 0.0856. The molecular formula is C23H16BrClN6O4. The van der Waals surface area contributed by atoms with Crippen LogP contribution in [-0.4, -0.2) is 41.3 Å². The second-order valence-electron chi connectivity index (χ2n) is 7.59. The van der Waals surface area contributed by atoms with Gasteiger partial charge in [0.15, 0.2) is 11.5 Å². The number of aryl methyl sites for hydroxylation is 1. The van der Waals surface area contributed by atoms with Gasteiger partial charge in [0.25, 0.3) is 5.56 Å². The predicted octanol–water partition coefficient (Wildman–Crippen LogP) is 4.51. The zero-order valence-corrected chi connectivity index (χ0v) is 20.5. The summed E-state index contributed by atoms with van der Waals surface area (Å²) in [5.74, 6) is -0.535. The van der Waals surface area contributed by atoms with Crippen molar-refractivity contribution in [2.24, 2.45) is 0 Å². The third-order valence-corrected chi connectivity index (χ3v) is 6.88. The third kappa shape index (κ3) is 3.82. The van der Waals surface area contributed by atoms with Gasteiger partial charge in [0.1, 0.15) is 10.8 Å². The van der Waals surface area contributed by atoms with Gasteiger partial charge in [-0.25, -0.2) is 9.89 Å². The molecule has 1 aromatic carbocycles. The molecule has 3 heterocycles. The lowest BCUT2D eigenvalue weighted by atomic mass is 9.97. The van der Waals surface area contributed by atoms with E-state index in [0.29, 0.717) is 18.1 Å². The number of hydrogen-bond donors (Lipinski definition) is 2. The molecule has 0 radical (unpaired) electrons. The summed E-state index contributed by atoms with van der Waals surface area (Å²) >= 11 is 9.85. The number of carboxylic acid groups (broad SMARTS) is 1. The monoisotopic (exact) mass is 554 g/mol. The van der Waals surface area contributed by atoms with Crippen molar-refractivity contribution in [1.82, 2.24) is 30.2 Å². The van der Waals surface area contributed by atoms with Crippen molar-refractivity contribution < 1.29 is 14.3 Å². The van der Waals surface area contributed by atoms with Crippen LogP contribution in [0.1, 0.15) is 28.8 Å². The first-order valence-corrected chi connectivity index (χ1v) is 11.6. The molecule has 176 valence electrons. The maximum atomic E-state index is 12.2. The Kier molecular flexibility index (Phi) is 5.95. The molecule has 0 atom stereocenters. The molecule has 2 N–H and O–H groups in total. The fourth-order valence-electron chi connectivity index (χ4n) is 4.21. The van der Waals surface area contributed by atoms with Gasteiger partial charge in [0, 0.05) is 27.6 Å². The summed E-state index contributed by atoms with van der Waals surface area (Å²) in [6.45, 7) is 1.88. The quantitative estimate of drug-likeness (QED) is 0.312. The smallest absolute Gasteiger partial charge is 0.354 e. The van der Waals surface area contributed by atoms with Crippen LogP contribution >= 0.6 is 27.5 Å². The number of carbonyl (C=O) groups is 1. The van der Waals surface area contributed by atoms with Crippen molar-refractivity contribution in [3.8, 4) is 33.6 Å². The molecule has 0 saturated heterocycles. The maximum absolute atomic E-state index is 12.2. The molecule has 3 aromatic rings. The number of H-pyrrole nitrogens is 1. The van der Waals surface area contributed by atoms with Gasteiger partial charge < -0.3 is 14.1 Å². The summed E-state index contributed by atoms with van der Waals surface area (Å²) in [6, 6.07) is 9.37. The second-order valence-corrected chi connectivity index (χ2v) is 8.76. The van der Waals surface area contributed by atoms with Gasteiger partial charge in [0.05, 0.1) is 19.1 Å². The number of aromatic carboxylic acids is 1. The van der Waals surface area contributed by atoms with Gasteiger partial charge >= 0.3 is 5.97 Å².